The van der Waals surface area contributed by atoms with Crippen LogP contribution >= 0.6 is 0 Å². The fourth-order valence-corrected chi connectivity index (χ4v) is 3.65. The first-order valence-corrected chi connectivity index (χ1v) is 10.1. The van der Waals surface area contributed by atoms with Crippen LogP contribution in [0.25, 0.3) is 11.1 Å². The summed E-state index contributed by atoms with van der Waals surface area (Å²) in [7, 11) is 0. The van der Waals surface area contributed by atoms with E-state index in [4.69, 9.17) is 9.84 Å². The number of alkyl carbamates (subject to hydrolysis) is 1. The second-order valence-corrected chi connectivity index (χ2v) is 7.65. The normalized spacial score (nSPS) is 12.8. The number of benzene rings is 2. The lowest BCUT2D eigenvalue weighted by Gasteiger charge is -2.18. The predicted molar refractivity (Wildman–Crippen MR) is 117 cm³/mol. The van der Waals surface area contributed by atoms with E-state index in [0.717, 1.165) is 27.8 Å². The van der Waals surface area contributed by atoms with Gasteiger partial charge in [0.1, 0.15) is 19.2 Å². The maximum absolute atomic E-state index is 12.5. The molecule has 0 saturated carbocycles. The van der Waals surface area contributed by atoms with Crippen LogP contribution in [0.5, 0.6) is 0 Å². The van der Waals surface area contributed by atoms with Crippen molar-refractivity contribution in [2.75, 3.05) is 13.2 Å². The molecular formula is C24H26N2O5. The minimum Gasteiger partial charge on any atom is -0.480 e. The van der Waals surface area contributed by atoms with Crippen LogP contribution in [0.4, 0.5) is 4.79 Å². The average Bonchev–Trinajstić information content (AvgIpc) is 3.07. The Morgan fingerprint density at radius 3 is 2.16 bits per heavy atom. The van der Waals surface area contributed by atoms with Gasteiger partial charge in [-0.25, -0.2) is 4.79 Å². The molecule has 2 aromatic rings. The molecule has 1 aliphatic carbocycles. The quantitative estimate of drug-likeness (QED) is 0.565. The molecule has 0 saturated heterocycles. The van der Waals surface area contributed by atoms with Crippen molar-refractivity contribution >= 4 is 18.0 Å². The second kappa shape index (κ2) is 9.93. The molecule has 0 fully saturated rings. The van der Waals surface area contributed by atoms with Gasteiger partial charge in [-0.05, 0) is 42.5 Å². The van der Waals surface area contributed by atoms with Crippen molar-refractivity contribution in [3.8, 4) is 11.1 Å². The summed E-state index contributed by atoms with van der Waals surface area (Å²) in [5, 5.41) is 13.6. The molecule has 1 atom stereocenters. The number of hydrogen-bond acceptors (Lipinski definition) is 4. The number of aliphatic carboxylic acids is 1. The summed E-state index contributed by atoms with van der Waals surface area (Å²) in [6, 6.07) is 15.1. The van der Waals surface area contributed by atoms with Gasteiger partial charge < -0.3 is 20.5 Å². The van der Waals surface area contributed by atoms with Gasteiger partial charge >= 0.3 is 12.1 Å². The van der Waals surface area contributed by atoms with Crippen LogP contribution in [0.2, 0.25) is 0 Å². The zero-order valence-electron chi connectivity index (χ0n) is 17.6. The third-order valence-electron chi connectivity index (χ3n) is 5.13. The molecule has 31 heavy (non-hydrogen) atoms. The van der Waals surface area contributed by atoms with Gasteiger partial charge in [-0.15, -0.1) is 0 Å². The van der Waals surface area contributed by atoms with Crippen molar-refractivity contribution < 1.29 is 24.2 Å². The first-order chi connectivity index (χ1) is 14.9. The molecule has 1 aliphatic rings. The van der Waals surface area contributed by atoms with E-state index in [1.54, 1.807) is 6.08 Å². The Kier molecular flexibility index (Phi) is 7.07. The summed E-state index contributed by atoms with van der Waals surface area (Å²) in [4.78, 5) is 35.5. The van der Waals surface area contributed by atoms with Gasteiger partial charge in [0.25, 0.3) is 0 Å². The molecule has 7 heteroatoms. The van der Waals surface area contributed by atoms with Crippen molar-refractivity contribution in [1.29, 1.82) is 0 Å². The minimum absolute atomic E-state index is 0.0878. The Balaban J connectivity index is 1.67. The number of carboxylic acids is 1. The van der Waals surface area contributed by atoms with Gasteiger partial charge in [-0.3, -0.25) is 9.59 Å². The third kappa shape index (κ3) is 5.51. The molecule has 3 N–H and O–H groups in total. The highest BCUT2D eigenvalue weighted by Gasteiger charge is 2.29. The maximum atomic E-state index is 12.5. The largest absolute Gasteiger partial charge is 0.480 e. The number of rotatable bonds is 8. The van der Waals surface area contributed by atoms with Crippen molar-refractivity contribution in [1.82, 2.24) is 10.6 Å². The van der Waals surface area contributed by atoms with Gasteiger partial charge in [-0.2, -0.15) is 0 Å². The van der Waals surface area contributed by atoms with E-state index < -0.39 is 30.6 Å². The Bertz CT molecular complexity index is 965. The van der Waals surface area contributed by atoms with Crippen molar-refractivity contribution in [3.63, 3.8) is 0 Å². The second-order valence-electron chi connectivity index (χ2n) is 7.65. The van der Waals surface area contributed by atoms with Crippen LogP contribution in [0, 0.1) is 0 Å². The lowest BCUT2D eigenvalue weighted by Crippen LogP contribution is -2.48. The Hall–Kier alpha value is -3.61. The summed E-state index contributed by atoms with van der Waals surface area (Å²) in [5.41, 5.74) is 5.42. The smallest absolute Gasteiger partial charge is 0.407 e. The predicted octanol–water partition coefficient (Wildman–Crippen LogP) is 3.45. The highest BCUT2D eigenvalue weighted by Crippen LogP contribution is 2.44. The number of ether oxygens (including phenoxy) is 1. The van der Waals surface area contributed by atoms with Gasteiger partial charge in [-0.1, -0.05) is 60.2 Å². The molecule has 0 spiro atoms. The molecular weight excluding hydrogens is 396 g/mol. The molecule has 0 radical (unpaired) electrons. The number of carbonyl (C=O) groups excluding carboxylic acids is 2. The average molecular weight is 422 g/mol. The van der Waals surface area contributed by atoms with Gasteiger partial charge in [0.2, 0.25) is 5.91 Å². The SMILES string of the molecule is CC(C)=CCC(NC(=O)OCC1c2ccccc2-c2ccccc21)C(=O)NCC(=O)O. The Labute approximate surface area is 181 Å². The molecule has 0 bridgehead atoms. The highest BCUT2D eigenvalue weighted by molar-refractivity contribution is 5.88. The molecule has 1 unspecified atom stereocenters. The number of carbonyl (C=O) groups is 3. The number of amides is 2. The number of hydrogen-bond donors (Lipinski definition) is 3. The first kappa shape index (κ1) is 22.1. The van der Waals surface area contributed by atoms with Crippen molar-refractivity contribution in [2.45, 2.75) is 32.2 Å². The third-order valence-corrected chi connectivity index (χ3v) is 5.13. The molecule has 0 heterocycles. The summed E-state index contributed by atoms with van der Waals surface area (Å²) < 4.78 is 5.49. The van der Waals surface area contributed by atoms with E-state index in [1.165, 1.54) is 0 Å². The van der Waals surface area contributed by atoms with Gasteiger partial charge in [0.05, 0.1) is 0 Å². The lowest BCUT2D eigenvalue weighted by molar-refractivity contribution is -0.138. The molecule has 7 nitrogen and oxygen atoms in total. The zero-order valence-corrected chi connectivity index (χ0v) is 17.6. The molecule has 3 rings (SSSR count). The van der Waals surface area contributed by atoms with E-state index in [2.05, 4.69) is 22.8 Å². The highest BCUT2D eigenvalue weighted by atomic mass is 16.5. The van der Waals surface area contributed by atoms with Crippen LogP contribution < -0.4 is 10.6 Å². The number of allylic oxidation sites excluding steroid dienone is 1. The summed E-state index contributed by atoms with van der Waals surface area (Å²) in [5.74, 6) is -1.82. The zero-order chi connectivity index (χ0) is 22.4. The van der Waals surface area contributed by atoms with E-state index in [1.807, 2.05) is 50.2 Å². The Morgan fingerprint density at radius 1 is 1.03 bits per heavy atom. The van der Waals surface area contributed by atoms with E-state index in [-0.39, 0.29) is 18.9 Å². The number of fused-ring (bicyclic) bond motifs is 3. The van der Waals surface area contributed by atoms with Gasteiger partial charge in [0.15, 0.2) is 0 Å². The van der Waals surface area contributed by atoms with Crippen LogP contribution in [0.1, 0.15) is 37.3 Å². The number of carboxylic acid groups (broad SMARTS) is 1. The van der Waals surface area contributed by atoms with Gasteiger partial charge in [0, 0.05) is 5.92 Å². The molecule has 2 aromatic carbocycles. The Morgan fingerprint density at radius 2 is 1.61 bits per heavy atom. The molecule has 2 amide bonds. The summed E-state index contributed by atoms with van der Waals surface area (Å²) in [6.07, 6.45) is 1.31. The van der Waals surface area contributed by atoms with Crippen LogP contribution in [-0.4, -0.2) is 42.3 Å². The van der Waals surface area contributed by atoms with Crippen molar-refractivity contribution in [2.24, 2.45) is 0 Å². The van der Waals surface area contributed by atoms with E-state index in [9.17, 15) is 14.4 Å². The first-order valence-electron chi connectivity index (χ1n) is 10.1. The lowest BCUT2D eigenvalue weighted by atomic mass is 9.98. The van der Waals surface area contributed by atoms with Crippen LogP contribution in [-0.2, 0) is 14.3 Å². The fraction of sp³-hybridized carbons (Fsp3) is 0.292. The summed E-state index contributed by atoms with van der Waals surface area (Å²) in [6.45, 7) is 3.36. The molecule has 0 aromatic heterocycles. The number of nitrogens with one attached hydrogen (secondary N) is 2. The van der Waals surface area contributed by atoms with E-state index >= 15 is 0 Å². The molecule has 162 valence electrons. The molecule has 0 aliphatic heterocycles. The minimum atomic E-state index is -1.16. The topological polar surface area (TPSA) is 105 Å². The standard InChI is InChI=1S/C24H26N2O5/c1-15(2)11-12-21(23(29)25-13-22(27)28)26-24(30)31-14-20-18-9-5-3-7-16(18)17-8-4-6-10-19(17)20/h3-11,20-21H,12-14H2,1-2H3,(H,25,29)(H,26,30)(H,27,28). The fourth-order valence-electron chi connectivity index (χ4n) is 3.65. The monoisotopic (exact) mass is 422 g/mol. The van der Waals surface area contributed by atoms with Crippen LogP contribution in [0.15, 0.2) is 60.2 Å². The van der Waals surface area contributed by atoms with E-state index in [0.29, 0.717) is 0 Å². The van der Waals surface area contributed by atoms with Crippen molar-refractivity contribution in [3.05, 3.63) is 71.3 Å². The van der Waals surface area contributed by atoms with Crippen LogP contribution in [0.3, 0.4) is 0 Å². The summed E-state index contributed by atoms with van der Waals surface area (Å²) >= 11 is 0. The maximum Gasteiger partial charge on any atom is 0.407 e.